The maximum atomic E-state index is 12.9. The molecule has 11 heteroatoms. The number of aromatic nitrogens is 4. The van der Waals surface area contributed by atoms with Crippen LogP contribution in [0.5, 0.6) is 0 Å². The fourth-order valence-corrected chi connectivity index (χ4v) is 4.51. The van der Waals surface area contributed by atoms with E-state index in [1.807, 2.05) is 6.92 Å². The van der Waals surface area contributed by atoms with Crippen molar-refractivity contribution in [1.82, 2.24) is 20.1 Å². The van der Waals surface area contributed by atoms with Gasteiger partial charge >= 0.3 is 5.97 Å². The molecule has 1 fully saturated rings. The monoisotopic (exact) mass is 507 g/mol. The van der Waals surface area contributed by atoms with E-state index in [4.69, 9.17) is 4.52 Å². The van der Waals surface area contributed by atoms with Crippen molar-refractivity contribution in [2.75, 3.05) is 22.5 Å². The topological polar surface area (TPSA) is 155 Å². The van der Waals surface area contributed by atoms with Gasteiger partial charge in [-0.15, -0.1) is 0 Å². The lowest BCUT2D eigenvalue weighted by Gasteiger charge is -2.27. The number of hydrogen-bond acceptors (Lipinski definition) is 9. The molecular weight excluding hydrogens is 474 g/mol. The van der Waals surface area contributed by atoms with Crippen LogP contribution in [-0.4, -0.2) is 43.6 Å². The van der Waals surface area contributed by atoms with Gasteiger partial charge in [-0.2, -0.15) is 0 Å². The van der Waals surface area contributed by atoms with Gasteiger partial charge in [0.2, 0.25) is 11.7 Å². The first-order valence-electron chi connectivity index (χ1n) is 12.7. The molecule has 0 aliphatic heterocycles. The maximum absolute atomic E-state index is 12.9. The summed E-state index contributed by atoms with van der Waals surface area (Å²) in [4.78, 5) is 37.9. The van der Waals surface area contributed by atoms with Crippen LogP contribution in [0.4, 0.5) is 23.0 Å². The highest BCUT2D eigenvalue weighted by molar-refractivity contribution is 5.95. The first kappa shape index (κ1) is 26.1. The minimum absolute atomic E-state index is 0.284. The third-order valence-corrected chi connectivity index (χ3v) is 6.58. The smallest absolute Gasteiger partial charge is 0.307 e. The van der Waals surface area contributed by atoms with E-state index in [0.717, 1.165) is 32.2 Å². The summed E-state index contributed by atoms with van der Waals surface area (Å²) in [6.45, 7) is 6.54. The number of pyridine rings is 1. The van der Waals surface area contributed by atoms with Gasteiger partial charge in [0, 0.05) is 6.54 Å². The molecule has 3 aromatic rings. The lowest BCUT2D eigenvalue weighted by Crippen LogP contribution is -2.36. The van der Waals surface area contributed by atoms with E-state index >= 15 is 0 Å². The van der Waals surface area contributed by atoms with E-state index < -0.39 is 17.8 Å². The zero-order valence-electron chi connectivity index (χ0n) is 21.4. The van der Waals surface area contributed by atoms with Gasteiger partial charge in [-0.25, -0.2) is 9.97 Å². The number of unbranched alkanes of at least 4 members (excludes halogenated alkanes) is 1. The summed E-state index contributed by atoms with van der Waals surface area (Å²) in [6, 6.07) is 3.48. The second-order valence-electron chi connectivity index (χ2n) is 9.32. The van der Waals surface area contributed by atoms with Crippen molar-refractivity contribution in [3.8, 4) is 11.5 Å². The molecule has 4 N–H and O–H groups in total. The Labute approximate surface area is 215 Å². The summed E-state index contributed by atoms with van der Waals surface area (Å²) >= 11 is 0. The number of amides is 1. The fraction of sp³-hybridized carbons (Fsp3) is 0.462. The molecule has 1 amide bonds. The van der Waals surface area contributed by atoms with Crippen molar-refractivity contribution in [2.45, 2.75) is 59.3 Å². The number of rotatable bonds is 10. The SMILES string of the molecule is CCCCNc1cncc(Nc2c(C)noc2-c2ccc(NC(=O)[C@H]3CCCC[C@@H]3C(=O)O)c(C)n2)n1. The molecule has 1 saturated carbocycles. The molecule has 3 heterocycles. The van der Waals surface area contributed by atoms with Gasteiger partial charge < -0.3 is 25.6 Å². The standard InChI is InChI=1S/C26H33N7O4/c1-4-5-12-28-21-13-27-14-22(31-21)32-23-16(3)33-37-24(23)20-11-10-19(15(2)29-20)30-25(34)17-8-6-7-9-18(17)26(35)36/h10-11,13-14,17-18H,4-9,12H2,1-3H3,(H,30,34)(H,35,36)(H2,28,31,32)/t17-,18-/m0/s1. The average molecular weight is 508 g/mol. The van der Waals surface area contributed by atoms with E-state index in [9.17, 15) is 14.7 Å². The van der Waals surface area contributed by atoms with Crippen molar-refractivity contribution < 1.29 is 19.2 Å². The number of carboxylic acid groups (broad SMARTS) is 1. The Hall–Kier alpha value is -4.02. The third-order valence-electron chi connectivity index (χ3n) is 6.58. The highest BCUT2D eigenvalue weighted by Gasteiger charge is 2.36. The van der Waals surface area contributed by atoms with Crippen LogP contribution in [0.1, 0.15) is 56.8 Å². The summed E-state index contributed by atoms with van der Waals surface area (Å²) in [7, 11) is 0. The number of aryl methyl sites for hydroxylation is 2. The van der Waals surface area contributed by atoms with E-state index in [1.165, 1.54) is 0 Å². The van der Waals surface area contributed by atoms with Crippen LogP contribution in [0.15, 0.2) is 29.0 Å². The highest BCUT2D eigenvalue weighted by atomic mass is 16.5. The number of carbonyl (C=O) groups excluding carboxylic acids is 1. The van der Waals surface area contributed by atoms with Crippen LogP contribution < -0.4 is 16.0 Å². The molecule has 3 aromatic heterocycles. The van der Waals surface area contributed by atoms with Crippen LogP contribution in [0, 0.1) is 25.7 Å². The first-order chi connectivity index (χ1) is 17.9. The molecule has 0 radical (unpaired) electrons. The Kier molecular flexibility index (Phi) is 8.32. The molecule has 196 valence electrons. The molecule has 11 nitrogen and oxygen atoms in total. The Bertz CT molecular complexity index is 1260. The molecular formula is C26H33N7O4. The molecule has 0 spiro atoms. The number of nitrogens with one attached hydrogen (secondary N) is 3. The van der Waals surface area contributed by atoms with Crippen molar-refractivity contribution in [1.29, 1.82) is 0 Å². The summed E-state index contributed by atoms with van der Waals surface area (Å²) in [6.07, 6.45) is 8.18. The minimum Gasteiger partial charge on any atom is -0.481 e. The number of aliphatic carboxylic acids is 1. The van der Waals surface area contributed by atoms with Crippen molar-refractivity contribution in [3.63, 3.8) is 0 Å². The zero-order valence-corrected chi connectivity index (χ0v) is 21.4. The molecule has 1 aliphatic carbocycles. The number of hydrogen-bond donors (Lipinski definition) is 4. The number of carbonyl (C=O) groups is 2. The molecule has 0 saturated heterocycles. The molecule has 0 unspecified atom stereocenters. The molecule has 0 aromatic carbocycles. The van der Waals surface area contributed by atoms with Gasteiger partial charge in [0.15, 0.2) is 5.82 Å². The second kappa shape index (κ2) is 11.8. The van der Waals surface area contributed by atoms with Crippen molar-refractivity contribution in [2.24, 2.45) is 11.8 Å². The molecule has 0 bridgehead atoms. The minimum atomic E-state index is -0.919. The number of nitrogens with zero attached hydrogens (tertiary/aromatic N) is 4. The predicted molar refractivity (Wildman–Crippen MR) is 140 cm³/mol. The van der Waals surface area contributed by atoms with Gasteiger partial charge in [-0.05, 0) is 45.2 Å². The van der Waals surface area contributed by atoms with Crippen LogP contribution in [0.25, 0.3) is 11.5 Å². The van der Waals surface area contributed by atoms with Crippen LogP contribution in [0.2, 0.25) is 0 Å². The van der Waals surface area contributed by atoms with Gasteiger partial charge in [-0.3, -0.25) is 14.6 Å². The molecule has 1 aliphatic rings. The van der Waals surface area contributed by atoms with Crippen LogP contribution in [0.3, 0.4) is 0 Å². The largest absolute Gasteiger partial charge is 0.481 e. The molecule has 37 heavy (non-hydrogen) atoms. The summed E-state index contributed by atoms with van der Waals surface area (Å²) in [5.41, 5.74) is 2.90. The number of anilines is 4. The zero-order chi connectivity index (χ0) is 26.4. The van der Waals surface area contributed by atoms with E-state index in [0.29, 0.717) is 58.7 Å². The van der Waals surface area contributed by atoms with Crippen molar-refractivity contribution >= 4 is 34.9 Å². The fourth-order valence-electron chi connectivity index (χ4n) is 4.51. The first-order valence-corrected chi connectivity index (χ1v) is 12.7. The highest BCUT2D eigenvalue weighted by Crippen LogP contribution is 2.34. The lowest BCUT2D eigenvalue weighted by molar-refractivity contribution is -0.147. The van der Waals surface area contributed by atoms with Gasteiger partial charge in [0.25, 0.3) is 0 Å². The van der Waals surface area contributed by atoms with Crippen molar-refractivity contribution in [3.05, 3.63) is 35.9 Å². The Morgan fingerprint density at radius 3 is 2.54 bits per heavy atom. The average Bonchev–Trinajstić information content (AvgIpc) is 3.25. The van der Waals surface area contributed by atoms with E-state index in [2.05, 4.69) is 43.0 Å². The molecule has 2 atom stereocenters. The summed E-state index contributed by atoms with van der Waals surface area (Å²) in [5, 5.41) is 23.0. The van der Waals surface area contributed by atoms with E-state index in [-0.39, 0.29) is 5.91 Å². The quantitative estimate of drug-likeness (QED) is 0.278. The normalized spacial score (nSPS) is 17.3. The van der Waals surface area contributed by atoms with Gasteiger partial charge in [0.1, 0.15) is 22.9 Å². The maximum Gasteiger partial charge on any atom is 0.307 e. The number of carboxylic acids is 1. The predicted octanol–water partition coefficient (Wildman–Crippen LogP) is 4.93. The van der Waals surface area contributed by atoms with E-state index in [1.54, 1.807) is 31.5 Å². The Morgan fingerprint density at radius 1 is 1.05 bits per heavy atom. The van der Waals surface area contributed by atoms with Gasteiger partial charge in [0.05, 0.1) is 35.6 Å². The Morgan fingerprint density at radius 2 is 1.81 bits per heavy atom. The van der Waals surface area contributed by atoms with Gasteiger partial charge in [-0.1, -0.05) is 31.3 Å². The molecule has 4 rings (SSSR count). The second-order valence-corrected chi connectivity index (χ2v) is 9.32. The summed E-state index contributed by atoms with van der Waals surface area (Å²) in [5.74, 6) is -0.766. The third kappa shape index (κ3) is 6.22. The summed E-state index contributed by atoms with van der Waals surface area (Å²) < 4.78 is 5.58. The van der Waals surface area contributed by atoms with Crippen LogP contribution >= 0.6 is 0 Å². The van der Waals surface area contributed by atoms with Crippen LogP contribution in [-0.2, 0) is 9.59 Å². The Balaban J connectivity index is 1.50. The lowest BCUT2D eigenvalue weighted by atomic mass is 9.78.